The number of aliphatic hydroxyl groups excluding tert-OH is 2. The van der Waals surface area contributed by atoms with Gasteiger partial charge in [0.05, 0.1) is 18.8 Å². The van der Waals surface area contributed by atoms with Crippen LogP contribution in [0.15, 0.2) is 0 Å². The number of hydrogen-bond acceptors (Lipinski definition) is 6. The quantitative estimate of drug-likeness (QED) is 0.442. The maximum absolute atomic E-state index is 9.65. The molecule has 1 heterocycles. The molecule has 5 atom stereocenters. The molecule has 6 N–H and O–H groups in total. The predicted molar refractivity (Wildman–Crippen MR) is 53.9 cm³/mol. The monoisotopic (exact) mass is 220 g/mol. The summed E-state index contributed by atoms with van der Waals surface area (Å²) in [5, 5.41) is 19.3. The lowest BCUT2D eigenvalue weighted by molar-refractivity contribution is -0.259. The molecule has 2 unspecified atom stereocenters. The lowest BCUT2D eigenvalue weighted by atomic mass is 9.96. The first-order chi connectivity index (χ1) is 7.11. The van der Waals surface area contributed by atoms with Crippen molar-refractivity contribution in [2.45, 2.75) is 44.0 Å². The molecule has 6 nitrogen and oxygen atoms in total. The average Bonchev–Trinajstić information content (AvgIpc) is 2.25. The fourth-order valence-electron chi connectivity index (χ4n) is 1.62. The second-order valence-corrected chi connectivity index (χ2v) is 3.67. The second kappa shape index (κ2) is 5.74. The van der Waals surface area contributed by atoms with Crippen LogP contribution in [0.3, 0.4) is 0 Å². The first-order valence-electron chi connectivity index (χ1n) is 5.20. The third kappa shape index (κ3) is 2.87. The summed E-state index contributed by atoms with van der Waals surface area (Å²) in [5.41, 5.74) is 11.0. The zero-order valence-corrected chi connectivity index (χ0v) is 8.87. The van der Waals surface area contributed by atoms with Gasteiger partial charge in [-0.1, -0.05) is 6.92 Å². The van der Waals surface area contributed by atoms with E-state index >= 15 is 0 Å². The summed E-state index contributed by atoms with van der Waals surface area (Å²) in [6, 6.07) is -0.741. The van der Waals surface area contributed by atoms with E-state index in [-0.39, 0.29) is 0 Å². The minimum Gasteiger partial charge on any atom is -0.388 e. The molecule has 0 aromatic carbocycles. The SMILES string of the molecule is CCC1O[C@@H](OCCN)[C@@H](N)C(O)[C@@H]1O. The van der Waals surface area contributed by atoms with E-state index in [1.54, 1.807) is 0 Å². The Kier molecular flexibility index (Phi) is 4.91. The van der Waals surface area contributed by atoms with Crippen LogP contribution in [-0.2, 0) is 9.47 Å². The van der Waals surface area contributed by atoms with E-state index in [0.29, 0.717) is 19.6 Å². The van der Waals surface area contributed by atoms with Gasteiger partial charge < -0.3 is 31.2 Å². The topological polar surface area (TPSA) is 111 Å². The molecule has 15 heavy (non-hydrogen) atoms. The van der Waals surface area contributed by atoms with E-state index < -0.39 is 30.6 Å². The van der Waals surface area contributed by atoms with Gasteiger partial charge in [0.1, 0.15) is 12.2 Å². The molecule has 1 fully saturated rings. The molecule has 0 spiro atoms. The highest BCUT2D eigenvalue weighted by Crippen LogP contribution is 2.22. The van der Waals surface area contributed by atoms with E-state index in [2.05, 4.69) is 0 Å². The summed E-state index contributed by atoms with van der Waals surface area (Å²) in [6.07, 6.45) is -2.53. The van der Waals surface area contributed by atoms with Gasteiger partial charge >= 0.3 is 0 Å². The van der Waals surface area contributed by atoms with Crippen LogP contribution in [0.1, 0.15) is 13.3 Å². The van der Waals surface area contributed by atoms with Crippen molar-refractivity contribution < 1.29 is 19.7 Å². The van der Waals surface area contributed by atoms with Crippen LogP contribution in [0.4, 0.5) is 0 Å². The molecule has 0 saturated carbocycles. The lowest BCUT2D eigenvalue weighted by Gasteiger charge is -2.40. The minimum absolute atomic E-state index is 0.317. The van der Waals surface area contributed by atoms with Crippen LogP contribution >= 0.6 is 0 Å². The predicted octanol–water partition coefficient (Wildman–Crippen LogP) is -1.85. The molecular weight excluding hydrogens is 200 g/mol. The van der Waals surface area contributed by atoms with E-state index in [1.807, 2.05) is 6.92 Å². The van der Waals surface area contributed by atoms with Crippen LogP contribution in [0, 0.1) is 0 Å². The molecule has 0 amide bonds. The zero-order valence-electron chi connectivity index (χ0n) is 8.87. The molecule has 1 aliphatic heterocycles. The van der Waals surface area contributed by atoms with Crippen molar-refractivity contribution in [1.82, 2.24) is 0 Å². The summed E-state index contributed by atoms with van der Waals surface area (Å²) in [7, 11) is 0. The Balaban J connectivity index is 2.57. The Bertz CT molecular complexity index is 191. The van der Waals surface area contributed by atoms with Crippen LogP contribution in [0.2, 0.25) is 0 Å². The number of nitrogens with two attached hydrogens (primary N) is 2. The summed E-state index contributed by atoms with van der Waals surface area (Å²) in [4.78, 5) is 0. The Hall–Kier alpha value is -0.240. The van der Waals surface area contributed by atoms with Crippen LogP contribution in [0.25, 0.3) is 0 Å². The van der Waals surface area contributed by atoms with Crippen molar-refractivity contribution in [3.63, 3.8) is 0 Å². The first-order valence-corrected chi connectivity index (χ1v) is 5.20. The van der Waals surface area contributed by atoms with Gasteiger partial charge in [-0.2, -0.15) is 0 Å². The van der Waals surface area contributed by atoms with Gasteiger partial charge in [0.2, 0.25) is 0 Å². The number of hydrogen-bond donors (Lipinski definition) is 4. The molecule has 90 valence electrons. The Morgan fingerprint density at radius 3 is 2.53 bits per heavy atom. The van der Waals surface area contributed by atoms with Crippen molar-refractivity contribution in [2.24, 2.45) is 11.5 Å². The zero-order chi connectivity index (χ0) is 11.4. The van der Waals surface area contributed by atoms with Gasteiger partial charge in [-0.15, -0.1) is 0 Å². The summed E-state index contributed by atoms with van der Waals surface area (Å²) < 4.78 is 10.7. The van der Waals surface area contributed by atoms with Crippen LogP contribution in [0.5, 0.6) is 0 Å². The summed E-state index contributed by atoms with van der Waals surface area (Å²) in [5.74, 6) is 0. The van der Waals surface area contributed by atoms with E-state index in [4.69, 9.17) is 20.9 Å². The van der Waals surface area contributed by atoms with E-state index in [9.17, 15) is 10.2 Å². The van der Waals surface area contributed by atoms with E-state index in [0.717, 1.165) is 0 Å². The third-order valence-electron chi connectivity index (χ3n) is 2.55. The van der Waals surface area contributed by atoms with Gasteiger partial charge in [0.25, 0.3) is 0 Å². The molecule has 0 aromatic heterocycles. The van der Waals surface area contributed by atoms with Crippen LogP contribution < -0.4 is 11.5 Å². The molecule has 0 aliphatic carbocycles. The van der Waals surface area contributed by atoms with E-state index in [1.165, 1.54) is 0 Å². The number of aliphatic hydroxyl groups is 2. The molecule has 0 aromatic rings. The molecule has 1 rings (SSSR count). The van der Waals surface area contributed by atoms with Crippen molar-refractivity contribution in [2.75, 3.05) is 13.2 Å². The lowest BCUT2D eigenvalue weighted by Crippen LogP contribution is -2.61. The second-order valence-electron chi connectivity index (χ2n) is 3.67. The Morgan fingerprint density at radius 1 is 1.33 bits per heavy atom. The number of ether oxygens (including phenoxy) is 2. The smallest absolute Gasteiger partial charge is 0.175 e. The molecule has 1 aliphatic rings. The Morgan fingerprint density at radius 2 is 2.00 bits per heavy atom. The third-order valence-corrected chi connectivity index (χ3v) is 2.55. The van der Waals surface area contributed by atoms with Crippen molar-refractivity contribution in [3.8, 4) is 0 Å². The van der Waals surface area contributed by atoms with Gasteiger partial charge in [-0.25, -0.2) is 0 Å². The van der Waals surface area contributed by atoms with Gasteiger partial charge in [0, 0.05) is 6.54 Å². The molecule has 0 radical (unpaired) electrons. The largest absolute Gasteiger partial charge is 0.388 e. The van der Waals surface area contributed by atoms with Crippen molar-refractivity contribution in [1.29, 1.82) is 0 Å². The fourth-order valence-corrected chi connectivity index (χ4v) is 1.62. The fraction of sp³-hybridized carbons (Fsp3) is 1.00. The van der Waals surface area contributed by atoms with Gasteiger partial charge in [0.15, 0.2) is 6.29 Å². The Labute approximate surface area is 89.1 Å². The number of rotatable bonds is 4. The minimum atomic E-state index is -1.02. The standard InChI is InChI=1S/C9H20N2O4/c1-2-5-7(12)8(13)6(11)9(15-5)14-4-3-10/h5-9,12-13H,2-4,10-11H2,1H3/t5?,6-,7+,8?,9+/m0/s1. The summed E-state index contributed by atoms with van der Waals surface area (Å²) >= 11 is 0. The maximum Gasteiger partial charge on any atom is 0.175 e. The molecule has 0 bridgehead atoms. The van der Waals surface area contributed by atoms with Crippen LogP contribution in [-0.4, -0.2) is 54.0 Å². The normalized spacial score (nSPS) is 41.8. The highest BCUT2D eigenvalue weighted by atomic mass is 16.7. The molecular formula is C9H20N2O4. The van der Waals surface area contributed by atoms with Crippen molar-refractivity contribution in [3.05, 3.63) is 0 Å². The maximum atomic E-state index is 9.65. The summed E-state index contributed by atoms with van der Waals surface area (Å²) in [6.45, 7) is 2.54. The average molecular weight is 220 g/mol. The highest BCUT2D eigenvalue weighted by molar-refractivity contribution is 4.91. The van der Waals surface area contributed by atoms with Gasteiger partial charge in [-0.3, -0.25) is 0 Å². The highest BCUT2D eigenvalue weighted by Gasteiger charge is 2.42. The molecule has 1 saturated heterocycles. The molecule has 6 heteroatoms. The van der Waals surface area contributed by atoms with Crippen molar-refractivity contribution >= 4 is 0 Å². The first kappa shape index (κ1) is 12.8. The van der Waals surface area contributed by atoms with Gasteiger partial charge in [-0.05, 0) is 6.42 Å².